The van der Waals surface area contributed by atoms with Gasteiger partial charge in [0.1, 0.15) is 0 Å². The van der Waals surface area contributed by atoms with Crippen molar-refractivity contribution in [3.63, 3.8) is 0 Å². The summed E-state index contributed by atoms with van der Waals surface area (Å²) in [6.45, 7) is 6.33. The van der Waals surface area contributed by atoms with Crippen LogP contribution in [0.2, 0.25) is 0 Å². The number of benzene rings is 1. The first-order chi connectivity index (χ1) is 10.9. The molecule has 0 amide bonds. The van der Waals surface area contributed by atoms with Crippen molar-refractivity contribution in [2.24, 2.45) is 5.92 Å². The van der Waals surface area contributed by atoms with E-state index in [0.29, 0.717) is 12.0 Å². The van der Waals surface area contributed by atoms with Crippen LogP contribution in [0, 0.1) is 5.92 Å². The first kappa shape index (κ1) is 14.2. The topological polar surface area (TPSA) is 40.3 Å². The van der Waals surface area contributed by atoms with Gasteiger partial charge in [0.2, 0.25) is 0 Å². The molecule has 1 aromatic carbocycles. The molecule has 2 aliphatic heterocycles. The van der Waals surface area contributed by atoms with Crippen molar-refractivity contribution in [3.05, 3.63) is 36.0 Å². The number of fused-ring (bicyclic) bond motifs is 1. The highest BCUT2D eigenvalue weighted by Crippen LogP contribution is 2.36. The van der Waals surface area contributed by atoms with Gasteiger partial charge in [0, 0.05) is 57.1 Å². The molecule has 4 rings (SSSR count). The lowest BCUT2D eigenvalue weighted by molar-refractivity contribution is 0.0213. The predicted molar refractivity (Wildman–Crippen MR) is 89.0 cm³/mol. The van der Waals surface area contributed by atoms with Crippen LogP contribution in [0.15, 0.2) is 30.5 Å². The molecule has 2 aliphatic rings. The minimum atomic E-state index is 0.533. The number of piperazine rings is 1. The van der Waals surface area contributed by atoms with Gasteiger partial charge in [-0.1, -0.05) is 6.07 Å². The third-order valence-corrected chi connectivity index (χ3v) is 5.18. The van der Waals surface area contributed by atoms with E-state index >= 15 is 0 Å². The maximum Gasteiger partial charge on any atom is 0.0469 e. The van der Waals surface area contributed by atoms with Crippen molar-refractivity contribution < 1.29 is 4.74 Å². The fraction of sp³-hybridized carbons (Fsp3) is 0.556. The molecule has 0 radical (unpaired) electrons. The molecular formula is C18H25N3O. The zero-order valence-electron chi connectivity index (χ0n) is 13.1. The molecule has 1 aromatic heterocycles. The van der Waals surface area contributed by atoms with Gasteiger partial charge in [0.05, 0.1) is 0 Å². The number of rotatable bonds is 3. The van der Waals surface area contributed by atoms with E-state index in [4.69, 9.17) is 4.74 Å². The monoisotopic (exact) mass is 299 g/mol. The molecule has 0 spiro atoms. The molecule has 0 unspecified atom stereocenters. The summed E-state index contributed by atoms with van der Waals surface area (Å²) in [7, 11) is 0. The summed E-state index contributed by atoms with van der Waals surface area (Å²) in [5.74, 6) is 0.711. The summed E-state index contributed by atoms with van der Waals surface area (Å²) in [5, 5.41) is 4.80. The summed E-state index contributed by atoms with van der Waals surface area (Å²) in [5.41, 5.74) is 2.70. The highest BCUT2D eigenvalue weighted by Gasteiger charge is 2.31. The Morgan fingerprint density at radius 1 is 1.09 bits per heavy atom. The van der Waals surface area contributed by atoms with Crippen molar-refractivity contribution in [2.75, 3.05) is 39.4 Å². The van der Waals surface area contributed by atoms with E-state index in [0.717, 1.165) is 39.4 Å². The smallest absolute Gasteiger partial charge is 0.0469 e. The van der Waals surface area contributed by atoms with Gasteiger partial charge in [-0.2, -0.15) is 0 Å². The van der Waals surface area contributed by atoms with E-state index < -0.39 is 0 Å². The number of aromatic amines is 1. The summed E-state index contributed by atoms with van der Waals surface area (Å²) >= 11 is 0. The molecule has 2 N–H and O–H groups in total. The molecule has 2 saturated heterocycles. The van der Waals surface area contributed by atoms with Crippen molar-refractivity contribution in [2.45, 2.75) is 18.9 Å². The summed E-state index contributed by atoms with van der Waals surface area (Å²) in [6.07, 6.45) is 4.39. The fourth-order valence-electron chi connectivity index (χ4n) is 4.03. The molecule has 2 aromatic rings. The van der Waals surface area contributed by atoms with E-state index in [1.54, 1.807) is 0 Å². The molecule has 4 nitrogen and oxygen atoms in total. The van der Waals surface area contributed by atoms with Crippen LogP contribution in [0.5, 0.6) is 0 Å². The lowest BCUT2D eigenvalue weighted by Gasteiger charge is -2.41. The highest BCUT2D eigenvalue weighted by atomic mass is 16.5. The Kier molecular flexibility index (Phi) is 4.15. The number of ether oxygens (including phenoxy) is 1. The Bertz CT molecular complexity index is 594. The zero-order valence-corrected chi connectivity index (χ0v) is 13.1. The van der Waals surface area contributed by atoms with Crippen LogP contribution in [0.1, 0.15) is 24.4 Å². The number of nitrogens with one attached hydrogen (secondary N) is 2. The predicted octanol–water partition coefficient (Wildman–Crippen LogP) is 2.54. The Hall–Kier alpha value is -1.36. The van der Waals surface area contributed by atoms with E-state index in [2.05, 4.69) is 39.5 Å². The Labute approximate surface area is 131 Å². The normalized spacial score (nSPS) is 22.9. The van der Waals surface area contributed by atoms with Crippen molar-refractivity contribution in [1.82, 2.24) is 15.2 Å². The van der Waals surface area contributed by atoms with Crippen LogP contribution < -0.4 is 5.32 Å². The molecule has 1 atom stereocenters. The van der Waals surface area contributed by atoms with Gasteiger partial charge in [-0.15, -0.1) is 0 Å². The Balaban J connectivity index is 1.67. The van der Waals surface area contributed by atoms with Gasteiger partial charge in [-0.05, 0) is 47.9 Å². The number of hydrogen-bond acceptors (Lipinski definition) is 3. The summed E-state index contributed by atoms with van der Waals surface area (Å²) in [4.78, 5) is 5.98. The SMILES string of the molecule is c1cc2cc([C@@H](C3CCOCC3)N3CCNCC3)ccc2[nH]1. The molecule has 2 fully saturated rings. The maximum atomic E-state index is 5.60. The standard InChI is InChI=1S/C18H25N3O/c1-2-17-15(3-6-20-17)13-16(1)18(14-4-11-22-12-5-14)21-9-7-19-8-10-21/h1-3,6,13-14,18-20H,4-5,7-12H2/t18-/m1/s1. The first-order valence-corrected chi connectivity index (χ1v) is 8.51. The highest BCUT2D eigenvalue weighted by molar-refractivity contribution is 5.80. The number of H-pyrrole nitrogens is 1. The number of hydrogen-bond donors (Lipinski definition) is 2. The molecular weight excluding hydrogens is 274 g/mol. The van der Waals surface area contributed by atoms with E-state index in [-0.39, 0.29) is 0 Å². The average Bonchev–Trinajstić information content (AvgIpc) is 3.05. The van der Waals surface area contributed by atoms with Crippen molar-refractivity contribution in [3.8, 4) is 0 Å². The average molecular weight is 299 g/mol. The fourth-order valence-corrected chi connectivity index (χ4v) is 4.03. The Morgan fingerprint density at radius 3 is 2.73 bits per heavy atom. The lowest BCUT2D eigenvalue weighted by Crippen LogP contribution is -2.47. The second-order valence-electron chi connectivity index (χ2n) is 6.50. The summed E-state index contributed by atoms with van der Waals surface area (Å²) in [6, 6.07) is 9.65. The molecule has 22 heavy (non-hydrogen) atoms. The van der Waals surface area contributed by atoms with Gasteiger partial charge in [0.15, 0.2) is 0 Å². The first-order valence-electron chi connectivity index (χ1n) is 8.51. The minimum absolute atomic E-state index is 0.533. The number of nitrogens with zero attached hydrogens (tertiary/aromatic N) is 1. The van der Waals surface area contributed by atoms with Crippen LogP contribution >= 0.6 is 0 Å². The van der Waals surface area contributed by atoms with Gasteiger partial charge < -0.3 is 15.0 Å². The molecule has 0 saturated carbocycles. The van der Waals surface area contributed by atoms with E-state index in [9.17, 15) is 0 Å². The maximum absolute atomic E-state index is 5.60. The third-order valence-electron chi connectivity index (χ3n) is 5.18. The van der Waals surface area contributed by atoms with Crippen molar-refractivity contribution in [1.29, 1.82) is 0 Å². The molecule has 0 aliphatic carbocycles. The van der Waals surface area contributed by atoms with Gasteiger partial charge in [-0.3, -0.25) is 4.90 Å². The minimum Gasteiger partial charge on any atom is -0.381 e. The molecule has 118 valence electrons. The Morgan fingerprint density at radius 2 is 1.91 bits per heavy atom. The lowest BCUT2D eigenvalue weighted by atomic mass is 9.85. The van der Waals surface area contributed by atoms with Crippen LogP contribution in [-0.4, -0.2) is 49.3 Å². The third kappa shape index (κ3) is 2.78. The summed E-state index contributed by atoms with van der Waals surface area (Å²) < 4.78 is 5.60. The van der Waals surface area contributed by atoms with Crippen molar-refractivity contribution >= 4 is 10.9 Å². The van der Waals surface area contributed by atoms with Gasteiger partial charge >= 0.3 is 0 Å². The zero-order chi connectivity index (χ0) is 14.8. The van der Waals surface area contributed by atoms with Crippen LogP contribution in [0.25, 0.3) is 10.9 Å². The second kappa shape index (κ2) is 6.41. The van der Waals surface area contributed by atoms with E-state index in [1.807, 2.05) is 6.20 Å². The second-order valence-corrected chi connectivity index (χ2v) is 6.50. The van der Waals surface area contributed by atoms with Gasteiger partial charge in [0.25, 0.3) is 0 Å². The van der Waals surface area contributed by atoms with Gasteiger partial charge in [-0.25, -0.2) is 0 Å². The molecule has 3 heterocycles. The number of aromatic nitrogens is 1. The van der Waals surface area contributed by atoms with Crippen LogP contribution in [0.4, 0.5) is 0 Å². The largest absolute Gasteiger partial charge is 0.381 e. The van der Waals surface area contributed by atoms with Crippen LogP contribution in [-0.2, 0) is 4.74 Å². The molecule has 4 heteroatoms. The quantitative estimate of drug-likeness (QED) is 0.915. The van der Waals surface area contributed by atoms with E-state index in [1.165, 1.54) is 29.3 Å². The molecule has 0 bridgehead atoms. The van der Waals surface area contributed by atoms with Crippen LogP contribution in [0.3, 0.4) is 0 Å².